The van der Waals surface area contributed by atoms with Gasteiger partial charge in [-0.1, -0.05) is 12.1 Å². The topological polar surface area (TPSA) is 53.2 Å². The number of hydrogen-bond acceptors (Lipinski definition) is 3. The minimum absolute atomic E-state index is 0.0371. The van der Waals surface area contributed by atoms with Crippen LogP contribution >= 0.6 is 0 Å². The van der Waals surface area contributed by atoms with Crippen molar-refractivity contribution < 1.29 is 4.79 Å². The number of carbonyl (C=O) groups is 1. The second kappa shape index (κ2) is 4.99. The Morgan fingerprint density at radius 1 is 1.38 bits per heavy atom. The maximum atomic E-state index is 11.9. The van der Waals surface area contributed by atoms with E-state index in [2.05, 4.69) is 16.0 Å². The van der Waals surface area contributed by atoms with E-state index in [0.29, 0.717) is 0 Å². The second-order valence-corrected chi connectivity index (χ2v) is 3.93. The van der Waals surface area contributed by atoms with Crippen molar-refractivity contribution >= 4 is 17.3 Å². The molecule has 0 radical (unpaired) electrons. The molecular formula is C12H17N3O. The lowest BCUT2D eigenvalue weighted by Crippen LogP contribution is -2.35. The molecule has 86 valence electrons. The fourth-order valence-corrected chi connectivity index (χ4v) is 1.94. The fraction of sp³-hybridized carbons (Fsp3) is 0.417. The summed E-state index contributed by atoms with van der Waals surface area (Å²) in [6.45, 7) is 0.936. The average molecular weight is 219 g/mol. The predicted molar refractivity (Wildman–Crippen MR) is 65.6 cm³/mol. The third-order valence-corrected chi connectivity index (χ3v) is 2.83. The minimum Gasteiger partial charge on any atom is -0.386 e. The lowest BCUT2D eigenvalue weighted by Gasteiger charge is -2.13. The van der Waals surface area contributed by atoms with Crippen LogP contribution in [0, 0.1) is 0 Å². The van der Waals surface area contributed by atoms with E-state index < -0.39 is 0 Å². The summed E-state index contributed by atoms with van der Waals surface area (Å²) >= 11 is 0. The molecule has 0 bridgehead atoms. The highest BCUT2D eigenvalue weighted by atomic mass is 16.2. The van der Waals surface area contributed by atoms with Gasteiger partial charge in [-0.2, -0.15) is 0 Å². The van der Waals surface area contributed by atoms with Crippen LogP contribution in [-0.2, 0) is 4.79 Å². The fourth-order valence-electron chi connectivity index (χ4n) is 1.94. The van der Waals surface area contributed by atoms with E-state index >= 15 is 0 Å². The lowest BCUT2D eigenvalue weighted by molar-refractivity contribution is -0.117. The smallest absolute Gasteiger partial charge is 0.241 e. The first-order chi connectivity index (χ1) is 7.81. The van der Waals surface area contributed by atoms with Crippen molar-refractivity contribution in [3.05, 3.63) is 24.3 Å². The third kappa shape index (κ3) is 2.33. The van der Waals surface area contributed by atoms with Gasteiger partial charge in [-0.25, -0.2) is 0 Å². The molecule has 0 unspecified atom stereocenters. The van der Waals surface area contributed by atoms with Gasteiger partial charge in [0.05, 0.1) is 17.4 Å². The van der Waals surface area contributed by atoms with Gasteiger partial charge in [-0.3, -0.25) is 4.79 Å². The van der Waals surface area contributed by atoms with Gasteiger partial charge in [0, 0.05) is 7.05 Å². The van der Waals surface area contributed by atoms with Gasteiger partial charge in [0.2, 0.25) is 5.91 Å². The summed E-state index contributed by atoms with van der Waals surface area (Å²) in [6, 6.07) is 7.66. The normalized spacial score (nSPS) is 19.4. The Kier molecular flexibility index (Phi) is 3.41. The van der Waals surface area contributed by atoms with Crippen LogP contribution in [0.15, 0.2) is 24.3 Å². The zero-order chi connectivity index (χ0) is 11.4. The Labute approximate surface area is 95.4 Å². The summed E-state index contributed by atoms with van der Waals surface area (Å²) in [5.41, 5.74) is 1.78. The van der Waals surface area contributed by atoms with Crippen LogP contribution in [0.2, 0.25) is 0 Å². The third-order valence-electron chi connectivity index (χ3n) is 2.83. The lowest BCUT2D eigenvalue weighted by atomic mass is 10.2. The van der Waals surface area contributed by atoms with Crippen LogP contribution in [0.4, 0.5) is 11.4 Å². The molecule has 1 aromatic rings. The Morgan fingerprint density at radius 2 is 2.12 bits per heavy atom. The van der Waals surface area contributed by atoms with E-state index in [4.69, 9.17) is 0 Å². The van der Waals surface area contributed by atoms with Crippen molar-refractivity contribution in [3.8, 4) is 0 Å². The molecular weight excluding hydrogens is 202 g/mol. The monoisotopic (exact) mass is 219 g/mol. The number of rotatable bonds is 3. The highest BCUT2D eigenvalue weighted by Crippen LogP contribution is 2.20. The van der Waals surface area contributed by atoms with Gasteiger partial charge in [-0.05, 0) is 31.5 Å². The maximum Gasteiger partial charge on any atom is 0.241 e. The molecule has 0 aliphatic carbocycles. The van der Waals surface area contributed by atoms with E-state index in [-0.39, 0.29) is 11.9 Å². The molecule has 1 aliphatic rings. The van der Waals surface area contributed by atoms with Crippen LogP contribution in [-0.4, -0.2) is 25.5 Å². The van der Waals surface area contributed by atoms with Crippen LogP contribution in [0.3, 0.4) is 0 Å². The van der Waals surface area contributed by atoms with Gasteiger partial charge in [0.15, 0.2) is 0 Å². The summed E-state index contributed by atoms with van der Waals surface area (Å²) in [7, 11) is 1.85. The number of anilines is 2. The molecule has 16 heavy (non-hydrogen) atoms. The van der Waals surface area contributed by atoms with Gasteiger partial charge in [-0.15, -0.1) is 0 Å². The first-order valence-corrected chi connectivity index (χ1v) is 5.62. The van der Waals surface area contributed by atoms with E-state index in [9.17, 15) is 4.79 Å². The largest absolute Gasteiger partial charge is 0.386 e. The number of nitrogens with one attached hydrogen (secondary N) is 3. The molecule has 0 aromatic heterocycles. The van der Waals surface area contributed by atoms with Crippen molar-refractivity contribution in [2.75, 3.05) is 24.2 Å². The molecule has 4 heteroatoms. The molecule has 1 atom stereocenters. The van der Waals surface area contributed by atoms with Crippen molar-refractivity contribution in [1.82, 2.24) is 5.32 Å². The highest BCUT2D eigenvalue weighted by Gasteiger charge is 2.22. The van der Waals surface area contributed by atoms with E-state index in [1.54, 1.807) is 0 Å². The molecule has 1 aliphatic heterocycles. The number of amides is 1. The Balaban J connectivity index is 2.05. The molecule has 2 rings (SSSR count). The molecule has 1 amide bonds. The second-order valence-electron chi connectivity index (χ2n) is 3.93. The van der Waals surface area contributed by atoms with E-state index in [0.717, 1.165) is 30.8 Å². The minimum atomic E-state index is -0.0371. The van der Waals surface area contributed by atoms with Crippen LogP contribution < -0.4 is 16.0 Å². The maximum absolute atomic E-state index is 11.9. The van der Waals surface area contributed by atoms with Crippen LogP contribution in [0.5, 0.6) is 0 Å². The zero-order valence-electron chi connectivity index (χ0n) is 9.42. The van der Waals surface area contributed by atoms with Crippen LogP contribution in [0.25, 0.3) is 0 Å². The highest BCUT2D eigenvalue weighted by molar-refractivity contribution is 5.97. The van der Waals surface area contributed by atoms with E-state index in [1.807, 2.05) is 31.3 Å². The van der Waals surface area contributed by atoms with Gasteiger partial charge in [0.25, 0.3) is 0 Å². The van der Waals surface area contributed by atoms with Gasteiger partial charge < -0.3 is 16.0 Å². The number of benzene rings is 1. The summed E-state index contributed by atoms with van der Waals surface area (Å²) in [5.74, 6) is 0.0557. The molecule has 4 nitrogen and oxygen atoms in total. The predicted octanol–water partition coefficient (Wildman–Crippen LogP) is 1.42. The summed E-state index contributed by atoms with van der Waals surface area (Å²) in [4.78, 5) is 11.9. The molecule has 3 N–H and O–H groups in total. The van der Waals surface area contributed by atoms with Gasteiger partial charge >= 0.3 is 0 Å². The van der Waals surface area contributed by atoms with E-state index in [1.165, 1.54) is 0 Å². The molecule has 1 fully saturated rings. The number of para-hydroxylation sites is 2. The quantitative estimate of drug-likeness (QED) is 0.720. The molecule has 0 saturated carbocycles. The Hall–Kier alpha value is -1.55. The number of carbonyl (C=O) groups excluding carboxylic acids is 1. The molecule has 1 aromatic carbocycles. The van der Waals surface area contributed by atoms with Crippen molar-refractivity contribution in [2.45, 2.75) is 18.9 Å². The average Bonchev–Trinajstić information content (AvgIpc) is 2.83. The Morgan fingerprint density at radius 3 is 2.75 bits per heavy atom. The molecule has 0 spiro atoms. The number of hydrogen-bond donors (Lipinski definition) is 3. The molecule has 1 heterocycles. The van der Waals surface area contributed by atoms with Crippen LogP contribution in [0.1, 0.15) is 12.8 Å². The SMILES string of the molecule is CNc1ccccc1NC(=O)[C@H]1CCCN1. The molecule has 1 saturated heterocycles. The first-order valence-electron chi connectivity index (χ1n) is 5.62. The standard InChI is InChI=1S/C12H17N3O/c1-13-9-5-2-3-6-10(9)15-12(16)11-7-4-8-14-11/h2-3,5-6,11,13-14H,4,7-8H2,1H3,(H,15,16)/t11-/m1/s1. The van der Waals surface area contributed by atoms with Crippen molar-refractivity contribution in [3.63, 3.8) is 0 Å². The summed E-state index contributed by atoms with van der Waals surface area (Å²) in [6.07, 6.45) is 2.00. The first kappa shape index (κ1) is 11.0. The summed E-state index contributed by atoms with van der Waals surface area (Å²) in [5, 5.41) is 9.18. The Bertz CT molecular complexity index is 372. The zero-order valence-corrected chi connectivity index (χ0v) is 9.42. The summed E-state index contributed by atoms with van der Waals surface area (Å²) < 4.78 is 0. The van der Waals surface area contributed by atoms with Crippen molar-refractivity contribution in [2.24, 2.45) is 0 Å². The van der Waals surface area contributed by atoms with Crippen molar-refractivity contribution in [1.29, 1.82) is 0 Å². The van der Waals surface area contributed by atoms with Gasteiger partial charge in [0.1, 0.15) is 0 Å².